The Kier molecular flexibility index (Phi) is 6.02. The largest absolute Gasteiger partial charge is 0.433 e. The molecule has 1 heterocycles. The van der Waals surface area contributed by atoms with Crippen LogP contribution in [0.25, 0.3) is 11.4 Å². The van der Waals surface area contributed by atoms with Gasteiger partial charge in [0, 0.05) is 5.56 Å². The standard InChI is InChI=1S/C18H16F2N4O2S/c1-11(16(25)21-13-9-5-6-10-14(13)26-17(19)20)27-18-22-15(23-24-18)12-7-3-2-4-8-12/h2-11,17H,1H3,(H,21,25)(H,22,23,24)/t11-/m0/s1. The highest BCUT2D eigenvalue weighted by molar-refractivity contribution is 8.00. The number of carbonyl (C=O) groups is 1. The number of benzene rings is 2. The maximum absolute atomic E-state index is 12.5. The third kappa shape index (κ3) is 5.04. The number of alkyl halides is 2. The maximum atomic E-state index is 12.5. The maximum Gasteiger partial charge on any atom is 0.387 e. The first-order valence-corrected chi connectivity index (χ1v) is 8.90. The van der Waals surface area contributed by atoms with Crippen molar-refractivity contribution in [1.29, 1.82) is 0 Å². The number of hydrogen-bond donors (Lipinski definition) is 2. The minimum atomic E-state index is -2.97. The van der Waals surface area contributed by atoms with Crippen molar-refractivity contribution >= 4 is 23.4 Å². The molecule has 3 rings (SSSR count). The molecule has 1 amide bonds. The van der Waals surface area contributed by atoms with Crippen molar-refractivity contribution in [2.24, 2.45) is 0 Å². The van der Waals surface area contributed by atoms with E-state index in [2.05, 4.69) is 25.2 Å². The van der Waals surface area contributed by atoms with Gasteiger partial charge < -0.3 is 10.1 Å². The van der Waals surface area contributed by atoms with E-state index < -0.39 is 11.9 Å². The zero-order valence-electron chi connectivity index (χ0n) is 14.2. The molecule has 0 aliphatic heterocycles. The van der Waals surface area contributed by atoms with Crippen LogP contribution in [0.1, 0.15) is 6.92 Å². The van der Waals surface area contributed by atoms with Gasteiger partial charge in [0.05, 0.1) is 10.9 Å². The highest BCUT2D eigenvalue weighted by atomic mass is 32.2. The Morgan fingerprint density at radius 2 is 1.85 bits per heavy atom. The van der Waals surface area contributed by atoms with Crippen LogP contribution in [0.3, 0.4) is 0 Å². The van der Waals surface area contributed by atoms with E-state index in [1.165, 1.54) is 12.1 Å². The molecule has 6 nitrogen and oxygen atoms in total. The first kappa shape index (κ1) is 18.8. The molecular formula is C18H16F2N4O2S. The summed E-state index contributed by atoms with van der Waals surface area (Å²) >= 11 is 1.15. The number of thioether (sulfide) groups is 1. The van der Waals surface area contributed by atoms with E-state index in [4.69, 9.17) is 0 Å². The van der Waals surface area contributed by atoms with E-state index in [-0.39, 0.29) is 17.3 Å². The number of amides is 1. The van der Waals surface area contributed by atoms with Crippen LogP contribution in [0.4, 0.5) is 14.5 Å². The van der Waals surface area contributed by atoms with Crippen LogP contribution in [0.5, 0.6) is 5.75 Å². The molecule has 0 bridgehead atoms. The molecule has 0 aliphatic carbocycles. The van der Waals surface area contributed by atoms with Crippen molar-refractivity contribution in [2.45, 2.75) is 23.9 Å². The summed E-state index contributed by atoms with van der Waals surface area (Å²) < 4.78 is 29.3. The Hall–Kier alpha value is -2.94. The molecule has 0 spiro atoms. The van der Waals surface area contributed by atoms with Crippen LogP contribution in [0.2, 0.25) is 0 Å². The second-order valence-corrected chi connectivity index (χ2v) is 6.76. The summed E-state index contributed by atoms with van der Waals surface area (Å²) in [7, 11) is 0. The lowest BCUT2D eigenvalue weighted by Gasteiger charge is -2.14. The fourth-order valence-electron chi connectivity index (χ4n) is 2.24. The summed E-state index contributed by atoms with van der Waals surface area (Å²) in [6.45, 7) is -1.30. The summed E-state index contributed by atoms with van der Waals surface area (Å²) in [5.74, 6) is 0.125. The number of nitrogens with one attached hydrogen (secondary N) is 2. The number of H-pyrrole nitrogens is 1. The molecule has 1 atom stereocenters. The van der Waals surface area contributed by atoms with Crippen LogP contribution in [-0.2, 0) is 4.79 Å². The molecule has 9 heteroatoms. The highest BCUT2D eigenvalue weighted by Crippen LogP contribution is 2.28. The number of rotatable bonds is 7. The van der Waals surface area contributed by atoms with Gasteiger partial charge in [-0.05, 0) is 19.1 Å². The van der Waals surface area contributed by atoms with Gasteiger partial charge in [-0.25, -0.2) is 4.98 Å². The summed E-state index contributed by atoms with van der Waals surface area (Å²) in [4.78, 5) is 16.8. The van der Waals surface area contributed by atoms with Crippen molar-refractivity contribution < 1.29 is 18.3 Å². The third-order valence-electron chi connectivity index (χ3n) is 3.52. The van der Waals surface area contributed by atoms with Gasteiger partial charge >= 0.3 is 6.61 Å². The number of aromatic nitrogens is 3. The molecule has 0 aliphatic rings. The Balaban J connectivity index is 1.64. The number of hydrogen-bond acceptors (Lipinski definition) is 5. The highest BCUT2D eigenvalue weighted by Gasteiger charge is 2.19. The topological polar surface area (TPSA) is 79.9 Å². The second kappa shape index (κ2) is 8.63. The monoisotopic (exact) mass is 390 g/mol. The fraction of sp³-hybridized carbons (Fsp3) is 0.167. The van der Waals surface area contributed by atoms with Gasteiger partial charge in [-0.3, -0.25) is 9.89 Å². The van der Waals surface area contributed by atoms with E-state index >= 15 is 0 Å². The first-order valence-electron chi connectivity index (χ1n) is 8.02. The minimum absolute atomic E-state index is 0.0951. The third-order valence-corrected chi connectivity index (χ3v) is 4.49. The Labute approximate surface area is 158 Å². The molecule has 2 aromatic carbocycles. The van der Waals surface area contributed by atoms with E-state index in [9.17, 15) is 13.6 Å². The predicted molar refractivity (Wildman–Crippen MR) is 98.8 cm³/mol. The normalized spacial score (nSPS) is 12.0. The molecule has 0 fully saturated rings. The smallest absolute Gasteiger partial charge is 0.387 e. The Morgan fingerprint density at radius 3 is 2.59 bits per heavy atom. The number of ether oxygens (including phenoxy) is 1. The number of nitrogens with zero attached hydrogens (tertiary/aromatic N) is 2. The minimum Gasteiger partial charge on any atom is -0.433 e. The molecular weight excluding hydrogens is 374 g/mol. The SMILES string of the molecule is C[C@H](Sc1n[nH]c(-c2ccccc2)n1)C(=O)Nc1ccccc1OC(F)F. The van der Waals surface area contributed by atoms with Gasteiger partial charge in [-0.2, -0.15) is 8.78 Å². The van der Waals surface area contributed by atoms with Gasteiger partial charge in [0.1, 0.15) is 5.75 Å². The van der Waals surface area contributed by atoms with Gasteiger partial charge in [0.25, 0.3) is 0 Å². The summed E-state index contributed by atoms with van der Waals surface area (Å²) in [5.41, 5.74) is 1.06. The van der Waals surface area contributed by atoms with Crippen LogP contribution >= 0.6 is 11.8 Å². The van der Waals surface area contributed by atoms with Crippen molar-refractivity contribution in [3.8, 4) is 17.1 Å². The molecule has 0 saturated heterocycles. The van der Waals surface area contributed by atoms with Crippen LogP contribution in [0, 0.1) is 0 Å². The number of halogens is 2. The van der Waals surface area contributed by atoms with E-state index in [1.807, 2.05) is 30.3 Å². The average molecular weight is 390 g/mol. The lowest BCUT2D eigenvalue weighted by Crippen LogP contribution is -2.23. The number of carbonyl (C=O) groups excluding carboxylic acids is 1. The zero-order chi connectivity index (χ0) is 19.2. The lowest BCUT2D eigenvalue weighted by atomic mass is 10.2. The molecule has 1 aromatic heterocycles. The quantitative estimate of drug-likeness (QED) is 0.591. The van der Waals surface area contributed by atoms with Crippen LogP contribution in [-0.4, -0.2) is 32.9 Å². The van der Waals surface area contributed by atoms with Crippen LogP contribution in [0.15, 0.2) is 59.8 Å². The van der Waals surface area contributed by atoms with Crippen LogP contribution < -0.4 is 10.1 Å². The van der Waals surface area contributed by atoms with Crippen molar-refractivity contribution in [2.75, 3.05) is 5.32 Å². The average Bonchev–Trinajstić information content (AvgIpc) is 3.12. The predicted octanol–water partition coefficient (Wildman–Crippen LogP) is 4.19. The molecule has 140 valence electrons. The van der Waals surface area contributed by atoms with Crippen molar-refractivity contribution in [1.82, 2.24) is 15.2 Å². The van der Waals surface area contributed by atoms with Crippen molar-refractivity contribution in [3.63, 3.8) is 0 Å². The molecule has 2 N–H and O–H groups in total. The van der Waals surface area contributed by atoms with E-state index in [1.54, 1.807) is 19.1 Å². The fourth-order valence-corrected chi connectivity index (χ4v) is 2.96. The zero-order valence-corrected chi connectivity index (χ0v) is 15.0. The summed E-state index contributed by atoms with van der Waals surface area (Å²) in [6, 6.07) is 15.5. The first-order chi connectivity index (χ1) is 13.0. The van der Waals surface area contributed by atoms with Gasteiger partial charge in [0.15, 0.2) is 5.82 Å². The second-order valence-electron chi connectivity index (χ2n) is 5.46. The molecule has 0 radical (unpaired) electrons. The van der Waals surface area contributed by atoms with Crippen molar-refractivity contribution in [3.05, 3.63) is 54.6 Å². The van der Waals surface area contributed by atoms with Gasteiger partial charge in [0.2, 0.25) is 11.1 Å². The van der Waals surface area contributed by atoms with Gasteiger partial charge in [-0.15, -0.1) is 5.10 Å². The Bertz CT molecular complexity index is 905. The molecule has 3 aromatic rings. The molecule has 0 unspecified atom stereocenters. The van der Waals surface area contributed by atoms with E-state index in [0.29, 0.717) is 11.0 Å². The summed E-state index contributed by atoms with van der Waals surface area (Å²) in [6.07, 6.45) is 0. The number of para-hydroxylation sites is 2. The summed E-state index contributed by atoms with van der Waals surface area (Å²) in [5, 5.41) is 9.38. The molecule has 27 heavy (non-hydrogen) atoms. The van der Waals surface area contributed by atoms with Gasteiger partial charge in [-0.1, -0.05) is 54.2 Å². The van der Waals surface area contributed by atoms with E-state index in [0.717, 1.165) is 17.3 Å². The lowest BCUT2D eigenvalue weighted by molar-refractivity contribution is -0.115. The number of anilines is 1. The molecule has 0 saturated carbocycles. The Morgan fingerprint density at radius 1 is 1.15 bits per heavy atom. The number of aromatic amines is 1.